The summed E-state index contributed by atoms with van der Waals surface area (Å²) in [5.74, 6) is 2.25. The summed E-state index contributed by atoms with van der Waals surface area (Å²) in [6, 6.07) is 2.76. The van der Waals surface area contributed by atoms with Crippen molar-refractivity contribution in [2.45, 2.75) is 65.1 Å². The number of thiophene rings is 1. The molecule has 0 spiro atoms. The van der Waals surface area contributed by atoms with Crippen LogP contribution in [-0.4, -0.2) is 14.8 Å². The lowest BCUT2D eigenvalue weighted by Gasteiger charge is -2.20. The first-order valence-electron chi connectivity index (χ1n) is 7.89. The van der Waals surface area contributed by atoms with E-state index < -0.39 is 0 Å². The first-order valence-corrected chi connectivity index (χ1v) is 8.77. The van der Waals surface area contributed by atoms with Gasteiger partial charge in [0.05, 0.1) is 6.04 Å². The molecule has 0 saturated carbocycles. The van der Waals surface area contributed by atoms with Crippen LogP contribution in [0.15, 0.2) is 11.4 Å². The van der Waals surface area contributed by atoms with Crippen molar-refractivity contribution in [1.29, 1.82) is 0 Å². The van der Waals surface area contributed by atoms with Crippen LogP contribution in [0.1, 0.15) is 67.3 Å². The summed E-state index contributed by atoms with van der Waals surface area (Å²) in [6.07, 6.45) is 4.85. The Morgan fingerprint density at radius 1 is 1.19 bits per heavy atom. The Balaban J connectivity index is 1.75. The maximum atomic E-state index is 4.45. The molecule has 4 nitrogen and oxygen atoms in total. The summed E-state index contributed by atoms with van der Waals surface area (Å²) in [7, 11) is 0. The predicted molar refractivity (Wildman–Crippen MR) is 86.6 cm³/mol. The number of nitrogens with zero attached hydrogens (tertiary/aromatic N) is 3. The van der Waals surface area contributed by atoms with Gasteiger partial charge >= 0.3 is 0 Å². The van der Waals surface area contributed by atoms with Gasteiger partial charge in [-0.15, -0.1) is 21.5 Å². The number of hydrogen-bond donors (Lipinski definition) is 1. The van der Waals surface area contributed by atoms with Crippen molar-refractivity contribution in [1.82, 2.24) is 20.1 Å². The van der Waals surface area contributed by atoms with E-state index in [9.17, 15) is 0 Å². The highest BCUT2D eigenvalue weighted by atomic mass is 32.1. The highest BCUT2D eigenvalue weighted by molar-refractivity contribution is 7.10. The molecule has 0 aromatic carbocycles. The van der Waals surface area contributed by atoms with E-state index in [2.05, 4.69) is 52.3 Å². The van der Waals surface area contributed by atoms with Gasteiger partial charge in [-0.3, -0.25) is 0 Å². The lowest BCUT2D eigenvalue weighted by molar-refractivity contribution is 0.456. The molecule has 2 aromatic rings. The molecule has 114 valence electrons. The number of aryl methyl sites for hydroxylation is 2. The molecule has 21 heavy (non-hydrogen) atoms. The molecular formula is C16H24N4S. The molecule has 2 atom stereocenters. The Labute approximate surface area is 130 Å². The monoisotopic (exact) mass is 304 g/mol. The van der Waals surface area contributed by atoms with Crippen molar-refractivity contribution < 1.29 is 0 Å². The Bertz CT molecular complexity index is 601. The quantitative estimate of drug-likeness (QED) is 0.934. The third-order valence-corrected chi connectivity index (χ3v) is 5.52. The van der Waals surface area contributed by atoms with Gasteiger partial charge in [-0.05, 0) is 50.6 Å². The van der Waals surface area contributed by atoms with Gasteiger partial charge in [-0.25, -0.2) is 0 Å². The molecule has 5 heteroatoms. The number of nitrogens with one attached hydrogen (secondary N) is 1. The van der Waals surface area contributed by atoms with E-state index >= 15 is 0 Å². The SMILES string of the molecule is Cc1ccsc1C(C)NC(C)c1nnc2n1CCCCC2. The zero-order chi connectivity index (χ0) is 14.8. The largest absolute Gasteiger partial charge is 0.314 e. The number of rotatable bonds is 4. The molecule has 3 heterocycles. The Morgan fingerprint density at radius 3 is 2.81 bits per heavy atom. The van der Waals surface area contributed by atoms with Gasteiger partial charge in [0.15, 0.2) is 0 Å². The zero-order valence-electron chi connectivity index (χ0n) is 13.1. The minimum Gasteiger partial charge on any atom is -0.314 e. The topological polar surface area (TPSA) is 42.7 Å². The third kappa shape index (κ3) is 3.04. The van der Waals surface area contributed by atoms with Crippen molar-refractivity contribution in [2.75, 3.05) is 0 Å². The molecule has 1 N–H and O–H groups in total. The molecule has 0 radical (unpaired) electrons. The minimum atomic E-state index is 0.223. The highest BCUT2D eigenvalue weighted by Crippen LogP contribution is 2.26. The standard InChI is InChI=1S/C16H24N4S/c1-11-8-10-21-15(11)12(2)17-13(3)16-19-18-14-7-5-4-6-9-20(14)16/h8,10,12-13,17H,4-7,9H2,1-3H3. The maximum Gasteiger partial charge on any atom is 0.149 e. The van der Waals surface area contributed by atoms with Crippen LogP contribution in [0.5, 0.6) is 0 Å². The first kappa shape index (κ1) is 14.7. The van der Waals surface area contributed by atoms with Crippen molar-refractivity contribution in [3.05, 3.63) is 33.5 Å². The van der Waals surface area contributed by atoms with Crippen LogP contribution in [0.25, 0.3) is 0 Å². The van der Waals surface area contributed by atoms with Crippen LogP contribution >= 0.6 is 11.3 Å². The molecule has 3 rings (SSSR count). The van der Waals surface area contributed by atoms with Gasteiger partial charge in [0, 0.05) is 23.9 Å². The summed E-state index contributed by atoms with van der Waals surface area (Å²) in [6.45, 7) is 7.67. The number of aromatic nitrogens is 3. The highest BCUT2D eigenvalue weighted by Gasteiger charge is 2.21. The second-order valence-corrected chi connectivity index (χ2v) is 6.96. The molecule has 2 aromatic heterocycles. The smallest absolute Gasteiger partial charge is 0.149 e. The van der Waals surface area contributed by atoms with Gasteiger partial charge in [0.25, 0.3) is 0 Å². The van der Waals surface area contributed by atoms with Crippen molar-refractivity contribution in [3.63, 3.8) is 0 Å². The number of hydrogen-bond acceptors (Lipinski definition) is 4. The molecule has 0 saturated heterocycles. The molecule has 2 unspecified atom stereocenters. The number of fused-ring (bicyclic) bond motifs is 1. The molecule has 0 bridgehead atoms. The van der Waals surface area contributed by atoms with Crippen LogP contribution in [0.4, 0.5) is 0 Å². The van der Waals surface area contributed by atoms with Gasteiger partial charge in [-0.2, -0.15) is 0 Å². The molecule has 0 aliphatic carbocycles. The van der Waals surface area contributed by atoms with E-state index in [0.717, 1.165) is 24.6 Å². The normalized spacial score (nSPS) is 18.0. The summed E-state index contributed by atoms with van der Waals surface area (Å²) in [5, 5.41) is 14.7. The van der Waals surface area contributed by atoms with Crippen LogP contribution < -0.4 is 5.32 Å². The van der Waals surface area contributed by atoms with Crippen molar-refractivity contribution in [2.24, 2.45) is 0 Å². The fourth-order valence-electron chi connectivity index (χ4n) is 3.18. The average molecular weight is 304 g/mol. The molecule has 1 aliphatic rings. The van der Waals surface area contributed by atoms with E-state index in [4.69, 9.17) is 0 Å². The second kappa shape index (κ2) is 6.28. The van der Waals surface area contributed by atoms with Gasteiger partial charge in [0.2, 0.25) is 0 Å². The Hall–Kier alpha value is -1.20. The molecular weight excluding hydrogens is 280 g/mol. The van der Waals surface area contributed by atoms with Crippen molar-refractivity contribution >= 4 is 11.3 Å². The summed E-state index contributed by atoms with van der Waals surface area (Å²) in [5.41, 5.74) is 1.37. The van der Waals surface area contributed by atoms with Crippen LogP contribution in [0.2, 0.25) is 0 Å². The van der Waals surface area contributed by atoms with Crippen LogP contribution in [0.3, 0.4) is 0 Å². The van der Waals surface area contributed by atoms with E-state index in [0.29, 0.717) is 6.04 Å². The fraction of sp³-hybridized carbons (Fsp3) is 0.625. The van der Waals surface area contributed by atoms with Gasteiger partial charge in [0.1, 0.15) is 11.6 Å². The van der Waals surface area contributed by atoms with Crippen LogP contribution in [0, 0.1) is 6.92 Å². The average Bonchev–Trinajstić information content (AvgIpc) is 2.99. The maximum absolute atomic E-state index is 4.45. The Kier molecular flexibility index (Phi) is 4.40. The molecule has 0 amide bonds. The van der Waals surface area contributed by atoms with Crippen LogP contribution in [-0.2, 0) is 13.0 Å². The van der Waals surface area contributed by atoms with E-state index in [1.165, 1.54) is 29.7 Å². The molecule has 1 aliphatic heterocycles. The van der Waals surface area contributed by atoms with Gasteiger partial charge < -0.3 is 9.88 Å². The first-order chi connectivity index (χ1) is 10.2. The third-order valence-electron chi connectivity index (χ3n) is 4.32. The summed E-state index contributed by atoms with van der Waals surface area (Å²) >= 11 is 1.82. The zero-order valence-corrected chi connectivity index (χ0v) is 13.9. The van der Waals surface area contributed by atoms with E-state index in [-0.39, 0.29) is 6.04 Å². The minimum absolute atomic E-state index is 0.223. The summed E-state index contributed by atoms with van der Waals surface area (Å²) < 4.78 is 2.33. The second-order valence-electron chi connectivity index (χ2n) is 6.01. The predicted octanol–water partition coefficient (Wildman–Crippen LogP) is 3.79. The summed E-state index contributed by atoms with van der Waals surface area (Å²) in [4.78, 5) is 1.41. The lowest BCUT2D eigenvalue weighted by atomic mass is 10.1. The van der Waals surface area contributed by atoms with Gasteiger partial charge in [-0.1, -0.05) is 6.42 Å². The molecule has 0 fully saturated rings. The fourth-order valence-corrected chi connectivity index (χ4v) is 4.13. The van der Waals surface area contributed by atoms with Crippen molar-refractivity contribution in [3.8, 4) is 0 Å². The lowest BCUT2D eigenvalue weighted by Crippen LogP contribution is -2.25. The Morgan fingerprint density at radius 2 is 2.05 bits per heavy atom. The van der Waals surface area contributed by atoms with E-state index in [1.807, 2.05) is 11.3 Å². The van der Waals surface area contributed by atoms with E-state index in [1.54, 1.807) is 0 Å².